The molecular weight excluding hydrogens is 344 g/mol. The minimum atomic E-state index is -0.695. The van der Waals surface area contributed by atoms with Crippen LogP contribution in [0.1, 0.15) is 37.7 Å². The molecule has 7 heteroatoms. The van der Waals surface area contributed by atoms with Crippen LogP contribution in [0.5, 0.6) is 0 Å². The number of nitro groups is 1. The summed E-state index contributed by atoms with van der Waals surface area (Å²) >= 11 is 0. The summed E-state index contributed by atoms with van der Waals surface area (Å²) in [6.07, 6.45) is 8.27. The molecule has 1 aromatic rings. The molecule has 3 aliphatic rings. The van der Waals surface area contributed by atoms with Crippen LogP contribution in [0.2, 0.25) is 0 Å². The Bertz CT molecular complexity index is 864. The van der Waals surface area contributed by atoms with E-state index >= 15 is 0 Å². The predicted octanol–water partition coefficient (Wildman–Crippen LogP) is 3.53. The first-order chi connectivity index (χ1) is 13.1. The molecule has 0 unspecified atom stereocenters. The van der Waals surface area contributed by atoms with Crippen molar-refractivity contribution < 1.29 is 10.1 Å². The summed E-state index contributed by atoms with van der Waals surface area (Å²) in [6, 6.07) is 9.90. The highest BCUT2D eigenvalue weighted by molar-refractivity contribution is 6.54. The lowest BCUT2D eigenvalue weighted by Gasteiger charge is -2.36. The number of rotatable bonds is 4. The average molecular weight is 366 g/mol. The Balaban J connectivity index is 1.66. The van der Waals surface area contributed by atoms with Crippen LogP contribution < -0.4 is 0 Å². The second-order valence-corrected chi connectivity index (χ2v) is 7.14. The number of aliphatic imine (C=N–C) groups is 2. The summed E-state index contributed by atoms with van der Waals surface area (Å²) in [5.41, 5.74) is 1.60. The second kappa shape index (κ2) is 7.08. The van der Waals surface area contributed by atoms with Gasteiger partial charge in [-0.3, -0.25) is 25.3 Å². The number of nitrogens with zero attached hydrogens (tertiary/aromatic N) is 4. The highest BCUT2D eigenvalue weighted by Gasteiger charge is 2.48. The van der Waals surface area contributed by atoms with E-state index in [0.29, 0.717) is 24.4 Å². The fraction of sp³-hybridized carbons (Fsp3) is 0.400. The van der Waals surface area contributed by atoms with Crippen LogP contribution in [-0.2, 0) is 6.42 Å². The van der Waals surface area contributed by atoms with Gasteiger partial charge in [0.2, 0.25) is 0 Å². The molecule has 140 valence electrons. The lowest BCUT2D eigenvalue weighted by molar-refractivity contribution is -0.414. The molecule has 27 heavy (non-hydrogen) atoms. The molecule has 0 saturated heterocycles. The van der Waals surface area contributed by atoms with Crippen LogP contribution in [-0.4, -0.2) is 38.8 Å². The average Bonchev–Trinajstić information content (AvgIpc) is 2.95. The third kappa shape index (κ3) is 3.19. The molecule has 0 bridgehead atoms. The minimum absolute atomic E-state index is 0.0631. The first-order valence-electron chi connectivity index (χ1n) is 9.36. The maximum atomic E-state index is 11.5. The van der Waals surface area contributed by atoms with E-state index in [9.17, 15) is 15.3 Å². The van der Waals surface area contributed by atoms with Crippen LogP contribution in [0.3, 0.4) is 0 Å². The molecule has 0 radical (unpaired) electrons. The number of fused-ring (bicyclic) bond motifs is 1. The van der Waals surface area contributed by atoms with Crippen molar-refractivity contribution in [1.29, 1.82) is 0 Å². The minimum Gasteiger partial charge on any atom is -0.286 e. The van der Waals surface area contributed by atoms with Gasteiger partial charge in [0.25, 0.3) is 5.70 Å². The second-order valence-electron chi connectivity index (χ2n) is 7.14. The van der Waals surface area contributed by atoms with Crippen molar-refractivity contribution in [3.05, 3.63) is 69.6 Å². The SMILES string of the molecule is O=[N+]([O-])C1=CC=C2C(=NC3(CCCCC3)N2O)C1=NCCc1ccccc1. The molecular formula is C20H22N4O3. The number of hydrogen-bond donors (Lipinski definition) is 1. The summed E-state index contributed by atoms with van der Waals surface area (Å²) < 4.78 is 0. The van der Waals surface area contributed by atoms with Crippen LogP contribution in [0, 0.1) is 10.1 Å². The van der Waals surface area contributed by atoms with E-state index in [-0.39, 0.29) is 11.4 Å². The topological polar surface area (TPSA) is 91.3 Å². The van der Waals surface area contributed by atoms with Crippen LogP contribution >= 0.6 is 0 Å². The van der Waals surface area contributed by atoms with Gasteiger partial charge in [0.1, 0.15) is 5.71 Å². The van der Waals surface area contributed by atoms with E-state index in [0.717, 1.165) is 37.7 Å². The fourth-order valence-electron chi connectivity index (χ4n) is 4.01. The zero-order valence-electron chi connectivity index (χ0n) is 15.0. The van der Waals surface area contributed by atoms with Gasteiger partial charge in [-0.05, 0) is 43.7 Å². The first kappa shape index (κ1) is 17.6. The lowest BCUT2D eigenvalue weighted by atomic mass is 9.89. The van der Waals surface area contributed by atoms with Crippen LogP contribution in [0.15, 0.2) is 63.9 Å². The van der Waals surface area contributed by atoms with Crippen LogP contribution in [0.4, 0.5) is 0 Å². The quantitative estimate of drug-likeness (QED) is 0.501. The molecule has 1 saturated carbocycles. The third-order valence-corrected chi connectivity index (χ3v) is 5.42. The summed E-state index contributed by atoms with van der Waals surface area (Å²) in [4.78, 5) is 20.4. The standard InChI is InChI=1S/C20H22N4O3/c25-23-16-9-10-17(24(26)27)18(21-14-11-15-7-3-1-4-8-15)19(16)22-20(23)12-5-2-6-13-20/h1,3-4,7-10,25H,2,5-6,11-14H2. The number of allylic oxidation sites excluding steroid dienone is 4. The summed E-state index contributed by atoms with van der Waals surface area (Å²) in [6.45, 7) is 0.426. The fourth-order valence-corrected chi connectivity index (χ4v) is 4.01. The van der Waals surface area contributed by atoms with E-state index in [2.05, 4.69) is 4.99 Å². The predicted molar refractivity (Wildman–Crippen MR) is 102 cm³/mol. The third-order valence-electron chi connectivity index (χ3n) is 5.42. The Kier molecular flexibility index (Phi) is 4.61. The van der Waals surface area contributed by atoms with Crippen molar-refractivity contribution in [3.63, 3.8) is 0 Å². The van der Waals surface area contributed by atoms with E-state index in [1.807, 2.05) is 30.3 Å². The Morgan fingerprint density at radius 3 is 2.63 bits per heavy atom. The molecule has 1 aromatic carbocycles. The zero-order valence-corrected chi connectivity index (χ0v) is 15.0. The van der Waals surface area contributed by atoms with Gasteiger partial charge < -0.3 is 0 Å². The monoisotopic (exact) mass is 366 g/mol. The van der Waals surface area contributed by atoms with Gasteiger partial charge in [-0.1, -0.05) is 36.8 Å². The van der Waals surface area contributed by atoms with Gasteiger partial charge >= 0.3 is 0 Å². The molecule has 1 fully saturated rings. The molecule has 0 atom stereocenters. The Morgan fingerprint density at radius 1 is 1.19 bits per heavy atom. The van der Waals surface area contributed by atoms with Gasteiger partial charge in [-0.15, -0.1) is 0 Å². The summed E-state index contributed by atoms with van der Waals surface area (Å²) in [5, 5.41) is 23.5. The summed E-state index contributed by atoms with van der Waals surface area (Å²) in [7, 11) is 0. The van der Waals surface area contributed by atoms with Crippen molar-refractivity contribution in [3.8, 4) is 0 Å². The normalized spacial score (nSPS) is 22.3. The molecule has 1 N–H and O–H groups in total. The van der Waals surface area contributed by atoms with Gasteiger partial charge in [-0.25, -0.2) is 5.06 Å². The molecule has 0 amide bonds. The summed E-state index contributed by atoms with van der Waals surface area (Å²) in [5.74, 6) is 0. The van der Waals surface area contributed by atoms with Gasteiger partial charge in [0.05, 0.1) is 10.6 Å². The number of hydrogen-bond acceptors (Lipinski definition) is 6. The van der Waals surface area contributed by atoms with E-state index < -0.39 is 10.6 Å². The zero-order chi connectivity index (χ0) is 18.9. The maximum absolute atomic E-state index is 11.5. The Labute approximate surface area is 157 Å². The highest BCUT2D eigenvalue weighted by atomic mass is 16.6. The molecule has 1 aliphatic heterocycles. The Morgan fingerprint density at radius 2 is 1.93 bits per heavy atom. The highest BCUT2D eigenvalue weighted by Crippen LogP contribution is 2.42. The molecule has 7 nitrogen and oxygen atoms in total. The first-order valence-corrected chi connectivity index (χ1v) is 9.36. The van der Waals surface area contributed by atoms with Gasteiger partial charge in [0.15, 0.2) is 11.4 Å². The van der Waals surface area contributed by atoms with E-state index in [1.54, 1.807) is 6.08 Å². The van der Waals surface area contributed by atoms with Crippen molar-refractivity contribution in [1.82, 2.24) is 5.06 Å². The van der Waals surface area contributed by atoms with E-state index in [4.69, 9.17) is 4.99 Å². The van der Waals surface area contributed by atoms with Crippen molar-refractivity contribution in [2.24, 2.45) is 9.98 Å². The lowest BCUT2D eigenvalue weighted by Crippen LogP contribution is -2.42. The number of benzene rings is 1. The van der Waals surface area contributed by atoms with Crippen molar-refractivity contribution >= 4 is 11.4 Å². The van der Waals surface area contributed by atoms with Gasteiger partial charge in [-0.2, -0.15) is 0 Å². The largest absolute Gasteiger partial charge is 0.296 e. The maximum Gasteiger partial charge on any atom is 0.296 e. The molecule has 4 rings (SSSR count). The Hall–Kier alpha value is -2.80. The smallest absolute Gasteiger partial charge is 0.286 e. The van der Waals surface area contributed by atoms with E-state index in [1.165, 1.54) is 11.1 Å². The van der Waals surface area contributed by atoms with Crippen molar-refractivity contribution in [2.45, 2.75) is 44.2 Å². The molecule has 1 heterocycles. The molecule has 0 aromatic heterocycles. The molecule has 2 aliphatic carbocycles. The van der Waals surface area contributed by atoms with Gasteiger partial charge in [0, 0.05) is 12.6 Å². The number of hydroxylamine groups is 2. The van der Waals surface area contributed by atoms with Crippen molar-refractivity contribution in [2.75, 3.05) is 6.54 Å². The molecule has 1 spiro atoms. The van der Waals surface area contributed by atoms with Crippen LogP contribution in [0.25, 0.3) is 0 Å².